The van der Waals surface area contributed by atoms with Gasteiger partial charge in [0.15, 0.2) is 0 Å². The van der Waals surface area contributed by atoms with Gasteiger partial charge in [-0.15, -0.1) is 11.8 Å². The third-order valence-corrected chi connectivity index (χ3v) is 12.5. The summed E-state index contributed by atoms with van der Waals surface area (Å²) in [6, 6.07) is 12.7. The lowest BCUT2D eigenvalue weighted by atomic mass is 9.98. The third-order valence-electron chi connectivity index (χ3n) is 9.66. The first-order valence-corrected chi connectivity index (χ1v) is 19.4. The van der Waals surface area contributed by atoms with E-state index >= 15 is 0 Å². The fourth-order valence-corrected chi connectivity index (χ4v) is 9.17. The van der Waals surface area contributed by atoms with Gasteiger partial charge in [-0.3, -0.25) is 9.36 Å². The lowest BCUT2D eigenvalue weighted by Crippen LogP contribution is -2.40. The molecule has 11 nitrogen and oxygen atoms in total. The highest BCUT2D eigenvalue weighted by atomic mass is 35.5. The number of alkyl halides is 3. The number of aromatic nitrogens is 5. The monoisotopic (exact) mass is 804 g/mol. The smallest absolute Gasteiger partial charge is 0.493 e. The summed E-state index contributed by atoms with van der Waals surface area (Å²) in [5.41, 5.74) is -3.14. The lowest BCUT2D eigenvalue weighted by molar-refractivity contribution is -0.0494. The first-order chi connectivity index (χ1) is 25.5. The van der Waals surface area contributed by atoms with Crippen LogP contribution in [0.1, 0.15) is 45.2 Å². The van der Waals surface area contributed by atoms with Crippen LogP contribution in [-0.2, 0) is 56.4 Å². The first-order valence-electron chi connectivity index (χ1n) is 16.6. The molecule has 18 heteroatoms. The predicted octanol–water partition coefficient (Wildman–Crippen LogP) is 7.73. The Balaban J connectivity index is 1.44. The Bertz CT molecular complexity index is 2600. The molecule has 0 atom stereocenters. The van der Waals surface area contributed by atoms with Crippen LogP contribution >= 0.6 is 23.4 Å². The Morgan fingerprint density at radius 2 is 1.72 bits per heavy atom. The van der Waals surface area contributed by atoms with Crippen LogP contribution in [-0.4, -0.2) is 60.0 Å². The second-order valence-electron chi connectivity index (χ2n) is 13.0. The minimum atomic E-state index is -5.93. The minimum Gasteiger partial charge on any atom is -0.493 e. The molecule has 0 fully saturated rings. The Labute approximate surface area is 316 Å². The Morgan fingerprint density at radius 3 is 2.44 bits per heavy atom. The van der Waals surface area contributed by atoms with E-state index in [2.05, 4.69) is 10.2 Å². The number of aryl methyl sites for hydroxylation is 4. The normalized spacial score (nSPS) is 15.0. The summed E-state index contributed by atoms with van der Waals surface area (Å²) in [6.45, 7) is 0.318. The second-order valence-corrected chi connectivity index (χ2v) is 16.4. The van der Waals surface area contributed by atoms with Gasteiger partial charge in [0, 0.05) is 65.1 Å². The van der Waals surface area contributed by atoms with E-state index in [1.165, 1.54) is 43.9 Å². The van der Waals surface area contributed by atoms with Crippen molar-refractivity contribution in [2.24, 2.45) is 21.1 Å². The number of fused-ring (bicyclic) bond motifs is 8. The lowest BCUT2D eigenvalue weighted by Gasteiger charge is -2.22. The summed E-state index contributed by atoms with van der Waals surface area (Å²) < 4.78 is 94.5. The van der Waals surface area contributed by atoms with Crippen LogP contribution in [0.2, 0.25) is 5.02 Å². The van der Waals surface area contributed by atoms with Crippen LogP contribution in [0.5, 0.6) is 5.75 Å². The SMILES string of the molecule is Cc1c2c(nn1C)CN(S(=O)(=O)C(F)(F)F)Cc1cc(n(C)n1)CSc1cc(c3ccc(F)cc3c1)OCCCc1c(C(=O)O)n(C)c3c-2c(Cl)ccc13. The number of hydrogen-bond donors (Lipinski definition) is 1. The Kier molecular flexibility index (Phi) is 9.73. The minimum absolute atomic E-state index is 0.0226. The van der Waals surface area contributed by atoms with Crippen molar-refractivity contribution in [3.63, 3.8) is 0 Å². The van der Waals surface area contributed by atoms with E-state index in [0.717, 1.165) is 0 Å². The summed E-state index contributed by atoms with van der Waals surface area (Å²) in [5.74, 6) is -0.869. The molecule has 0 saturated heterocycles. The highest BCUT2D eigenvalue weighted by Gasteiger charge is 2.50. The van der Waals surface area contributed by atoms with Gasteiger partial charge in [0.25, 0.3) is 0 Å². The second kappa shape index (κ2) is 13.9. The molecule has 54 heavy (non-hydrogen) atoms. The number of rotatable bonds is 2. The van der Waals surface area contributed by atoms with Crippen LogP contribution in [0.4, 0.5) is 17.6 Å². The average molecular weight is 805 g/mol. The highest BCUT2D eigenvalue weighted by molar-refractivity contribution is 7.98. The molecule has 8 bridgehead atoms. The molecular formula is C36H33ClF4N6O5S2. The van der Waals surface area contributed by atoms with Crippen LogP contribution in [0.3, 0.4) is 0 Å². The zero-order valence-electron chi connectivity index (χ0n) is 29.3. The van der Waals surface area contributed by atoms with Gasteiger partial charge < -0.3 is 14.4 Å². The molecule has 284 valence electrons. The number of carboxylic acid groups (broad SMARTS) is 1. The number of halogens is 5. The van der Waals surface area contributed by atoms with Gasteiger partial charge in [-0.25, -0.2) is 17.6 Å². The van der Waals surface area contributed by atoms with Gasteiger partial charge in [0.1, 0.15) is 17.3 Å². The zero-order valence-corrected chi connectivity index (χ0v) is 31.7. The largest absolute Gasteiger partial charge is 0.511 e. The van der Waals surface area contributed by atoms with Gasteiger partial charge in [0.05, 0.1) is 41.6 Å². The van der Waals surface area contributed by atoms with Crippen molar-refractivity contribution in [1.29, 1.82) is 0 Å². The number of benzene rings is 3. The maximum atomic E-state index is 14.4. The quantitative estimate of drug-likeness (QED) is 0.177. The van der Waals surface area contributed by atoms with Gasteiger partial charge in [0.2, 0.25) is 0 Å². The van der Waals surface area contributed by atoms with Gasteiger partial charge >= 0.3 is 21.5 Å². The van der Waals surface area contributed by atoms with Crippen molar-refractivity contribution < 1.29 is 40.6 Å². The number of hydrogen-bond acceptors (Lipinski definition) is 7. The van der Waals surface area contributed by atoms with Crippen molar-refractivity contribution in [3.8, 4) is 16.9 Å². The molecule has 0 radical (unpaired) electrons. The fourth-order valence-electron chi connectivity index (χ4n) is 7.05. The molecule has 3 aromatic heterocycles. The molecule has 0 spiro atoms. The summed E-state index contributed by atoms with van der Waals surface area (Å²) in [6.07, 6.45) is 0.650. The topological polar surface area (TPSA) is 124 Å². The van der Waals surface area contributed by atoms with Crippen LogP contribution in [0.25, 0.3) is 32.8 Å². The average Bonchev–Trinajstić information content (AvgIpc) is 3.69. The van der Waals surface area contributed by atoms with Crippen molar-refractivity contribution >= 4 is 61.0 Å². The maximum absolute atomic E-state index is 14.4. The number of aromatic carboxylic acids is 1. The van der Waals surface area contributed by atoms with Crippen LogP contribution in [0, 0.1) is 12.7 Å². The number of nitrogens with zero attached hydrogens (tertiary/aromatic N) is 6. The number of carbonyl (C=O) groups is 1. The van der Waals surface area contributed by atoms with E-state index in [0.29, 0.717) is 61.3 Å². The van der Waals surface area contributed by atoms with Crippen molar-refractivity contribution in [1.82, 2.24) is 28.4 Å². The Hall–Kier alpha value is -4.58. The molecule has 1 aliphatic heterocycles. The predicted molar refractivity (Wildman–Crippen MR) is 197 cm³/mol. The summed E-state index contributed by atoms with van der Waals surface area (Å²) >= 11 is 8.21. The number of carboxylic acids is 1. The molecule has 0 aliphatic carbocycles. The fraction of sp³-hybridized carbons (Fsp3) is 0.306. The summed E-state index contributed by atoms with van der Waals surface area (Å²) in [4.78, 5) is 13.5. The molecule has 1 aliphatic rings. The number of sulfonamides is 1. The molecule has 3 aromatic carbocycles. The Morgan fingerprint density at radius 1 is 0.981 bits per heavy atom. The van der Waals surface area contributed by atoms with E-state index in [1.807, 2.05) is 6.07 Å². The molecule has 0 saturated carbocycles. The van der Waals surface area contributed by atoms with Crippen molar-refractivity contribution in [2.45, 2.75) is 49.0 Å². The number of thioether (sulfide) groups is 1. The van der Waals surface area contributed by atoms with Gasteiger partial charge in [-0.05, 0) is 73.2 Å². The first kappa shape index (κ1) is 37.7. The molecular weight excluding hydrogens is 772 g/mol. The molecule has 0 amide bonds. The van der Waals surface area contributed by atoms with Crippen molar-refractivity contribution in [3.05, 3.63) is 93.4 Å². The maximum Gasteiger partial charge on any atom is 0.511 e. The van der Waals surface area contributed by atoms with E-state index in [-0.39, 0.29) is 50.8 Å². The molecule has 0 unspecified atom stereocenters. The van der Waals surface area contributed by atoms with Crippen LogP contribution < -0.4 is 4.74 Å². The van der Waals surface area contributed by atoms with E-state index in [1.54, 1.807) is 52.3 Å². The molecule has 6 aromatic rings. The standard InChI is InChI=1S/C36H33ClF4N6O5S2/c1-19-31-29(43-45(19)3)17-47(54(50,51)36(39,40)41)16-22-14-23(46(4)42-22)18-53-24-13-20-12-21(38)7-8-25(20)30(15-24)52-11-5-6-26-27-9-10-28(37)32(31)33(27)44(2)34(26)35(48)49/h7-10,12-15H,5-6,11,16-18H2,1-4H3,(H,48,49). The van der Waals surface area contributed by atoms with Crippen molar-refractivity contribution in [2.75, 3.05) is 6.61 Å². The molecule has 4 heterocycles. The van der Waals surface area contributed by atoms with Crippen LogP contribution in [0.15, 0.2) is 53.4 Å². The third kappa shape index (κ3) is 6.60. The molecule has 7 rings (SSSR count). The van der Waals surface area contributed by atoms with Gasteiger partial charge in [-0.2, -0.15) is 27.7 Å². The van der Waals surface area contributed by atoms with E-state index in [4.69, 9.17) is 16.3 Å². The summed E-state index contributed by atoms with van der Waals surface area (Å²) in [7, 11) is -1.20. The zero-order chi connectivity index (χ0) is 38.9. The van der Waals surface area contributed by atoms with Gasteiger partial charge in [-0.1, -0.05) is 17.7 Å². The molecule has 1 N–H and O–H groups in total. The number of ether oxygens (including phenoxy) is 1. The van der Waals surface area contributed by atoms with E-state index in [9.17, 15) is 35.9 Å². The highest BCUT2D eigenvalue weighted by Crippen LogP contribution is 2.43. The summed E-state index contributed by atoms with van der Waals surface area (Å²) in [5, 5.41) is 21.2. The van der Waals surface area contributed by atoms with E-state index < -0.39 is 40.4 Å².